The third-order valence-electron chi connectivity index (χ3n) is 5.98. The fourth-order valence-corrected chi connectivity index (χ4v) is 5.03. The number of carbonyl (C=O) groups excluding carboxylic acids is 5. The Bertz CT molecular complexity index is 974. The summed E-state index contributed by atoms with van der Waals surface area (Å²) in [7, 11) is 1.22. The van der Waals surface area contributed by atoms with Gasteiger partial charge in [-0.3, -0.25) is 24.1 Å². The van der Waals surface area contributed by atoms with Crippen molar-refractivity contribution in [2.24, 2.45) is 11.3 Å². The number of amides is 5. The molecule has 1 aliphatic carbocycles. The smallest absolute Gasteiger partial charge is 0.325 e. The van der Waals surface area contributed by atoms with Crippen LogP contribution in [0.3, 0.4) is 0 Å². The quantitative estimate of drug-likeness (QED) is 0.439. The largest absolute Gasteiger partial charge is 0.468 e. The number of imide groups is 1. The normalized spacial score (nSPS) is 23.8. The minimum absolute atomic E-state index is 0.0935. The van der Waals surface area contributed by atoms with Crippen LogP contribution in [-0.4, -0.2) is 60.4 Å². The molecule has 1 saturated carbocycles. The van der Waals surface area contributed by atoms with Crippen molar-refractivity contribution in [2.75, 3.05) is 25.5 Å². The SMILES string of the molecule is COC(=O)CNC(=O)c1ccc(NC(=O)CN2C(=O)NC3(CC(C)CC(C)(C)C3)C2=O)cc1. The van der Waals surface area contributed by atoms with E-state index in [4.69, 9.17) is 0 Å². The molecule has 1 spiro atoms. The minimum Gasteiger partial charge on any atom is -0.468 e. The number of nitrogens with zero attached hydrogens (tertiary/aromatic N) is 1. The number of urea groups is 1. The topological polar surface area (TPSA) is 134 Å². The van der Waals surface area contributed by atoms with Crippen molar-refractivity contribution in [3.8, 4) is 0 Å². The lowest BCUT2D eigenvalue weighted by Crippen LogP contribution is -2.54. The van der Waals surface area contributed by atoms with E-state index in [1.54, 1.807) is 0 Å². The highest BCUT2D eigenvalue weighted by molar-refractivity contribution is 6.10. The Morgan fingerprint density at radius 1 is 1.15 bits per heavy atom. The summed E-state index contributed by atoms with van der Waals surface area (Å²) in [6.45, 7) is 5.58. The lowest BCUT2D eigenvalue weighted by molar-refractivity contribution is -0.139. The molecule has 2 atom stereocenters. The molecule has 3 N–H and O–H groups in total. The Kier molecular flexibility index (Phi) is 6.76. The van der Waals surface area contributed by atoms with Crippen molar-refractivity contribution in [1.29, 1.82) is 0 Å². The second-order valence-corrected chi connectivity index (χ2v) is 9.64. The number of esters is 1. The van der Waals surface area contributed by atoms with Crippen molar-refractivity contribution >= 4 is 35.4 Å². The predicted molar refractivity (Wildman–Crippen MR) is 119 cm³/mol. The number of ether oxygens (including phenoxy) is 1. The number of methoxy groups -OCH3 is 1. The van der Waals surface area contributed by atoms with E-state index in [2.05, 4.69) is 41.5 Å². The van der Waals surface area contributed by atoms with E-state index in [-0.39, 0.29) is 23.8 Å². The summed E-state index contributed by atoms with van der Waals surface area (Å²) in [4.78, 5) is 62.3. The van der Waals surface area contributed by atoms with Crippen LogP contribution in [0.4, 0.5) is 10.5 Å². The van der Waals surface area contributed by atoms with Crippen LogP contribution in [0.25, 0.3) is 0 Å². The zero-order valence-corrected chi connectivity index (χ0v) is 19.3. The third kappa shape index (κ3) is 5.50. The van der Waals surface area contributed by atoms with Crippen LogP contribution in [0.15, 0.2) is 24.3 Å². The van der Waals surface area contributed by atoms with Crippen LogP contribution >= 0.6 is 0 Å². The molecule has 1 heterocycles. The fraction of sp³-hybridized carbons (Fsp3) is 0.522. The van der Waals surface area contributed by atoms with Gasteiger partial charge in [0.1, 0.15) is 18.6 Å². The van der Waals surface area contributed by atoms with E-state index < -0.39 is 35.9 Å². The molecule has 0 bridgehead atoms. The second kappa shape index (κ2) is 9.21. The van der Waals surface area contributed by atoms with E-state index in [9.17, 15) is 24.0 Å². The summed E-state index contributed by atoms with van der Waals surface area (Å²) in [6, 6.07) is 5.44. The van der Waals surface area contributed by atoms with E-state index in [0.29, 0.717) is 24.1 Å². The van der Waals surface area contributed by atoms with Gasteiger partial charge in [-0.2, -0.15) is 0 Å². The van der Waals surface area contributed by atoms with Gasteiger partial charge in [0.2, 0.25) is 5.91 Å². The number of rotatable bonds is 6. The number of benzene rings is 1. The molecule has 1 aromatic rings. The van der Waals surface area contributed by atoms with Gasteiger partial charge < -0.3 is 20.7 Å². The van der Waals surface area contributed by atoms with E-state index in [0.717, 1.165) is 11.3 Å². The van der Waals surface area contributed by atoms with Crippen molar-refractivity contribution in [3.63, 3.8) is 0 Å². The standard InChI is InChI=1S/C23H30N4O6/c1-14-9-22(2,3)13-23(10-14)20(31)27(21(32)26-23)12-17(28)25-16-7-5-15(6-8-16)19(30)24-11-18(29)33-4/h5-8,14H,9-13H2,1-4H3,(H,24,30)(H,25,28)(H,26,32). The Labute approximate surface area is 192 Å². The van der Waals surface area contributed by atoms with Gasteiger partial charge in [-0.1, -0.05) is 20.8 Å². The fourth-order valence-electron chi connectivity index (χ4n) is 5.03. The molecular weight excluding hydrogens is 428 g/mol. The van der Waals surface area contributed by atoms with Crippen molar-refractivity contribution in [3.05, 3.63) is 29.8 Å². The number of hydrogen-bond donors (Lipinski definition) is 3. The Balaban J connectivity index is 1.59. The molecule has 10 nitrogen and oxygen atoms in total. The summed E-state index contributed by atoms with van der Waals surface area (Å²) >= 11 is 0. The Morgan fingerprint density at radius 3 is 2.42 bits per heavy atom. The van der Waals surface area contributed by atoms with Gasteiger partial charge in [0.05, 0.1) is 7.11 Å². The maximum atomic E-state index is 13.2. The average molecular weight is 459 g/mol. The highest BCUT2D eigenvalue weighted by Gasteiger charge is 2.56. The first-order valence-electron chi connectivity index (χ1n) is 10.8. The zero-order valence-electron chi connectivity index (χ0n) is 19.3. The van der Waals surface area contributed by atoms with Gasteiger partial charge in [-0.15, -0.1) is 0 Å². The summed E-state index contributed by atoms with van der Waals surface area (Å²) in [5, 5.41) is 7.90. The van der Waals surface area contributed by atoms with Gasteiger partial charge in [-0.25, -0.2) is 4.79 Å². The summed E-state index contributed by atoms with van der Waals surface area (Å²) in [5.74, 6) is -1.65. The molecule has 10 heteroatoms. The summed E-state index contributed by atoms with van der Waals surface area (Å²) < 4.78 is 4.46. The van der Waals surface area contributed by atoms with Crippen LogP contribution in [0, 0.1) is 11.3 Å². The van der Waals surface area contributed by atoms with Gasteiger partial charge >= 0.3 is 12.0 Å². The highest BCUT2D eigenvalue weighted by Crippen LogP contribution is 2.46. The first-order valence-corrected chi connectivity index (χ1v) is 10.8. The highest BCUT2D eigenvalue weighted by atomic mass is 16.5. The minimum atomic E-state index is -0.961. The van der Waals surface area contributed by atoms with Gasteiger partial charge in [-0.05, 0) is 54.9 Å². The second-order valence-electron chi connectivity index (χ2n) is 9.64. The van der Waals surface area contributed by atoms with Gasteiger partial charge in [0.15, 0.2) is 0 Å². The Morgan fingerprint density at radius 2 is 1.82 bits per heavy atom. The van der Waals surface area contributed by atoms with E-state index in [1.165, 1.54) is 31.4 Å². The van der Waals surface area contributed by atoms with Gasteiger partial charge in [0, 0.05) is 11.3 Å². The zero-order chi connectivity index (χ0) is 24.4. The molecule has 1 aliphatic heterocycles. The number of carbonyl (C=O) groups is 5. The molecule has 2 unspecified atom stereocenters. The molecule has 3 rings (SSSR count). The molecular formula is C23H30N4O6. The van der Waals surface area contributed by atoms with Crippen LogP contribution in [0.2, 0.25) is 0 Å². The molecule has 2 aliphatic rings. The number of nitrogens with one attached hydrogen (secondary N) is 3. The van der Waals surface area contributed by atoms with Crippen LogP contribution in [0.1, 0.15) is 50.4 Å². The molecule has 178 valence electrons. The third-order valence-corrected chi connectivity index (χ3v) is 5.98. The average Bonchev–Trinajstić information content (AvgIpc) is 2.93. The van der Waals surface area contributed by atoms with E-state index >= 15 is 0 Å². The van der Waals surface area contributed by atoms with Crippen molar-refractivity contribution in [2.45, 2.75) is 45.6 Å². The molecule has 0 aromatic heterocycles. The first-order chi connectivity index (χ1) is 15.4. The molecule has 2 fully saturated rings. The number of anilines is 1. The summed E-state index contributed by atoms with van der Waals surface area (Å²) in [6.07, 6.45) is 2.06. The van der Waals surface area contributed by atoms with E-state index in [1.807, 2.05) is 0 Å². The maximum absolute atomic E-state index is 13.2. The molecule has 1 saturated heterocycles. The van der Waals surface area contributed by atoms with Crippen LogP contribution < -0.4 is 16.0 Å². The summed E-state index contributed by atoms with van der Waals surface area (Å²) in [5.41, 5.74) is -0.359. The van der Waals surface area contributed by atoms with Crippen molar-refractivity contribution < 1.29 is 28.7 Å². The number of hydrogen-bond acceptors (Lipinski definition) is 6. The molecule has 33 heavy (non-hydrogen) atoms. The first kappa shape index (κ1) is 24.2. The predicted octanol–water partition coefficient (Wildman–Crippen LogP) is 1.66. The molecule has 5 amide bonds. The van der Waals surface area contributed by atoms with Crippen LogP contribution in [0.5, 0.6) is 0 Å². The lowest BCUT2D eigenvalue weighted by Gasteiger charge is -2.43. The lowest BCUT2D eigenvalue weighted by atomic mass is 9.64. The maximum Gasteiger partial charge on any atom is 0.325 e. The van der Waals surface area contributed by atoms with Gasteiger partial charge in [0.25, 0.3) is 11.8 Å². The van der Waals surface area contributed by atoms with Crippen LogP contribution in [-0.2, 0) is 19.1 Å². The molecule has 1 aromatic carbocycles. The molecule has 0 radical (unpaired) electrons. The van der Waals surface area contributed by atoms with Crippen molar-refractivity contribution in [1.82, 2.24) is 15.5 Å². The monoisotopic (exact) mass is 458 g/mol. The Hall–Kier alpha value is -3.43.